The van der Waals surface area contributed by atoms with Gasteiger partial charge in [-0.15, -0.1) is 0 Å². The molecule has 0 unspecified atom stereocenters. The molecule has 0 atom stereocenters. The first-order valence-electron chi connectivity index (χ1n) is 10.6. The first-order chi connectivity index (χ1) is 17.1. The van der Waals surface area contributed by atoms with Crippen molar-refractivity contribution in [1.29, 1.82) is 0 Å². The molecule has 0 saturated heterocycles. The van der Waals surface area contributed by atoms with E-state index in [2.05, 4.69) is 39.0 Å². The average Bonchev–Trinajstić information content (AvgIpc) is 2.91. The number of rotatable bonds is 6. The van der Waals surface area contributed by atoms with Crippen LogP contribution in [0.3, 0.4) is 0 Å². The summed E-state index contributed by atoms with van der Waals surface area (Å²) in [7, 11) is 1.61. The van der Waals surface area contributed by atoms with Crippen LogP contribution in [0.4, 0.5) is 0 Å². The number of benzene rings is 3. The van der Waals surface area contributed by atoms with E-state index in [-0.39, 0.29) is 17.3 Å². The number of phenolic OH excluding ortho intramolecular Hbond substituents is 1. The van der Waals surface area contributed by atoms with E-state index in [1.54, 1.807) is 51.3 Å². The summed E-state index contributed by atoms with van der Waals surface area (Å²) in [5.41, 5.74) is 1.89. The van der Waals surface area contributed by atoms with Crippen LogP contribution in [-0.2, 0) is 0 Å². The standard InChI is InChI=1S/C28H21N3O4/c1-4-17-34-22-15-11-20(12-16-22)27-29-26(19-9-13-21(33-3)14-10-19)30-28(31-27)23-7-6-8-24(25(23)32)35-18-5-2/h6-16,32H,1-3H3. The molecule has 0 bridgehead atoms. The molecule has 7 heteroatoms. The van der Waals surface area contributed by atoms with Crippen molar-refractivity contribution < 1.29 is 19.3 Å². The topological polar surface area (TPSA) is 86.6 Å². The molecule has 0 saturated carbocycles. The monoisotopic (exact) mass is 463 g/mol. The van der Waals surface area contributed by atoms with Gasteiger partial charge >= 0.3 is 0 Å². The Labute approximate surface area is 203 Å². The molecule has 0 amide bonds. The number of aromatic hydroxyl groups is 1. The van der Waals surface area contributed by atoms with Gasteiger partial charge in [0.1, 0.15) is 23.7 Å². The van der Waals surface area contributed by atoms with Crippen molar-refractivity contribution >= 4 is 0 Å². The highest BCUT2D eigenvalue weighted by atomic mass is 16.5. The van der Waals surface area contributed by atoms with Crippen LogP contribution in [0.1, 0.15) is 13.8 Å². The summed E-state index contributed by atoms with van der Waals surface area (Å²) in [5, 5.41) is 10.8. The molecule has 1 aromatic heterocycles. The summed E-state index contributed by atoms with van der Waals surface area (Å²) in [6.45, 7) is 3.34. The number of methoxy groups -OCH3 is 1. The zero-order valence-corrected chi connectivity index (χ0v) is 19.4. The molecular formula is C28H21N3O4. The number of phenols is 1. The van der Waals surface area contributed by atoms with E-state index in [0.29, 0.717) is 28.7 Å². The molecule has 0 aliphatic rings. The molecule has 0 spiro atoms. The fraction of sp³-hybridized carbons (Fsp3) is 0.107. The van der Waals surface area contributed by atoms with Gasteiger partial charge in [-0.2, -0.15) is 0 Å². The smallest absolute Gasteiger partial charge is 0.182 e. The molecule has 1 N–H and O–H groups in total. The first kappa shape index (κ1) is 23.2. The maximum absolute atomic E-state index is 10.8. The van der Waals surface area contributed by atoms with E-state index in [9.17, 15) is 5.11 Å². The Hall–Kier alpha value is -5.01. The minimum absolute atomic E-state index is 0.116. The van der Waals surface area contributed by atoms with E-state index < -0.39 is 0 Å². The van der Waals surface area contributed by atoms with Crippen LogP contribution in [0.2, 0.25) is 0 Å². The van der Waals surface area contributed by atoms with Gasteiger partial charge in [-0.05, 0) is 60.7 Å². The summed E-state index contributed by atoms with van der Waals surface area (Å²) in [6.07, 6.45) is 5.06. The molecule has 0 radical (unpaired) electrons. The highest BCUT2D eigenvalue weighted by Gasteiger charge is 2.17. The van der Waals surface area contributed by atoms with E-state index in [1.165, 1.54) is 0 Å². The fourth-order valence-electron chi connectivity index (χ4n) is 3.17. The van der Waals surface area contributed by atoms with Crippen LogP contribution in [0.5, 0.6) is 23.0 Å². The van der Waals surface area contributed by atoms with Gasteiger partial charge in [-0.1, -0.05) is 17.9 Å². The highest BCUT2D eigenvalue weighted by Crippen LogP contribution is 2.36. The lowest BCUT2D eigenvalue weighted by atomic mass is 10.1. The quantitative estimate of drug-likeness (QED) is 0.388. The number of aromatic nitrogens is 3. The average molecular weight is 463 g/mol. The minimum Gasteiger partial charge on any atom is -0.504 e. The minimum atomic E-state index is -0.116. The molecule has 1 heterocycles. The third-order valence-electron chi connectivity index (χ3n) is 4.87. The number of ether oxygens (including phenoxy) is 3. The SMILES string of the molecule is CC#COc1ccc(-c2nc(-c3ccc(OC)cc3)nc(-c3cccc(OC#CC)c3O)n2)cc1. The van der Waals surface area contributed by atoms with Crippen molar-refractivity contribution in [3.63, 3.8) is 0 Å². The summed E-state index contributed by atoms with van der Waals surface area (Å²) >= 11 is 0. The van der Waals surface area contributed by atoms with Crippen LogP contribution in [0.15, 0.2) is 66.7 Å². The van der Waals surface area contributed by atoms with Crippen molar-refractivity contribution in [2.45, 2.75) is 13.8 Å². The summed E-state index contributed by atoms with van der Waals surface area (Å²) in [4.78, 5) is 14.0. The third-order valence-corrected chi connectivity index (χ3v) is 4.87. The highest BCUT2D eigenvalue weighted by molar-refractivity contribution is 5.72. The third kappa shape index (κ3) is 5.32. The van der Waals surface area contributed by atoms with Crippen LogP contribution in [0.25, 0.3) is 34.2 Å². The Balaban J connectivity index is 1.84. The van der Waals surface area contributed by atoms with E-state index in [4.69, 9.17) is 14.2 Å². The molecule has 172 valence electrons. The maximum atomic E-state index is 10.8. The molecule has 0 aliphatic heterocycles. The molecule has 4 aromatic rings. The Kier molecular flexibility index (Phi) is 7.11. The Bertz CT molecular complexity index is 1460. The van der Waals surface area contributed by atoms with Crippen molar-refractivity contribution in [1.82, 2.24) is 15.0 Å². The van der Waals surface area contributed by atoms with Crippen LogP contribution in [0, 0.1) is 24.1 Å². The summed E-state index contributed by atoms with van der Waals surface area (Å²) in [6, 6.07) is 19.7. The number of nitrogens with zero attached hydrogens (tertiary/aromatic N) is 3. The summed E-state index contributed by atoms with van der Waals surface area (Å²) < 4.78 is 15.9. The second-order valence-corrected chi connectivity index (χ2v) is 7.12. The van der Waals surface area contributed by atoms with Crippen LogP contribution < -0.4 is 14.2 Å². The van der Waals surface area contributed by atoms with E-state index in [1.807, 2.05) is 36.4 Å². The Morgan fingerprint density at radius 2 is 1.20 bits per heavy atom. The van der Waals surface area contributed by atoms with Crippen LogP contribution >= 0.6 is 0 Å². The van der Waals surface area contributed by atoms with Crippen molar-refractivity contribution in [3.8, 4) is 81.2 Å². The largest absolute Gasteiger partial charge is 0.504 e. The van der Waals surface area contributed by atoms with Gasteiger partial charge < -0.3 is 19.3 Å². The zero-order chi connectivity index (χ0) is 24.6. The molecule has 7 nitrogen and oxygen atoms in total. The Morgan fingerprint density at radius 1 is 0.657 bits per heavy atom. The summed E-state index contributed by atoms with van der Waals surface area (Å²) in [5.74, 6) is 7.88. The van der Waals surface area contributed by atoms with Gasteiger partial charge in [0.2, 0.25) is 0 Å². The number of hydrogen-bond donors (Lipinski definition) is 1. The number of para-hydroxylation sites is 1. The van der Waals surface area contributed by atoms with Gasteiger partial charge in [0.05, 0.1) is 12.7 Å². The van der Waals surface area contributed by atoms with Gasteiger partial charge in [-0.3, -0.25) is 0 Å². The molecule has 0 aliphatic carbocycles. The maximum Gasteiger partial charge on any atom is 0.182 e. The molecule has 35 heavy (non-hydrogen) atoms. The second-order valence-electron chi connectivity index (χ2n) is 7.12. The van der Waals surface area contributed by atoms with Crippen molar-refractivity contribution in [2.24, 2.45) is 0 Å². The molecule has 4 rings (SSSR count). The fourth-order valence-corrected chi connectivity index (χ4v) is 3.17. The van der Waals surface area contributed by atoms with Crippen molar-refractivity contribution in [2.75, 3.05) is 7.11 Å². The first-order valence-corrected chi connectivity index (χ1v) is 10.6. The molecular weight excluding hydrogens is 442 g/mol. The van der Waals surface area contributed by atoms with Crippen molar-refractivity contribution in [3.05, 3.63) is 66.7 Å². The van der Waals surface area contributed by atoms with Crippen LogP contribution in [-0.4, -0.2) is 27.2 Å². The van der Waals surface area contributed by atoms with E-state index in [0.717, 1.165) is 11.1 Å². The lowest BCUT2D eigenvalue weighted by Crippen LogP contribution is -2.01. The second kappa shape index (κ2) is 10.7. The predicted molar refractivity (Wildman–Crippen MR) is 133 cm³/mol. The molecule has 3 aromatic carbocycles. The number of hydrogen-bond acceptors (Lipinski definition) is 7. The van der Waals surface area contributed by atoms with Gasteiger partial charge in [0.15, 0.2) is 29.0 Å². The van der Waals surface area contributed by atoms with Gasteiger partial charge in [0, 0.05) is 25.0 Å². The zero-order valence-electron chi connectivity index (χ0n) is 19.4. The molecule has 0 fully saturated rings. The lowest BCUT2D eigenvalue weighted by Gasteiger charge is -2.11. The van der Waals surface area contributed by atoms with Gasteiger partial charge in [-0.25, -0.2) is 15.0 Å². The predicted octanol–water partition coefficient (Wildman–Crippen LogP) is 5.31. The van der Waals surface area contributed by atoms with E-state index >= 15 is 0 Å². The van der Waals surface area contributed by atoms with Gasteiger partial charge in [0.25, 0.3) is 0 Å². The normalized spacial score (nSPS) is 9.80. The lowest BCUT2D eigenvalue weighted by molar-refractivity contribution is 0.415. The Morgan fingerprint density at radius 3 is 1.77 bits per heavy atom.